The first-order chi connectivity index (χ1) is 10.1. The van der Waals surface area contributed by atoms with Crippen LogP contribution in [0.15, 0.2) is 36.5 Å². The van der Waals surface area contributed by atoms with Gasteiger partial charge in [0.1, 0.15) is 11.6 Å². The van der Waals surface area contributed by atoms with Crippen LogP contribution in [0.1, 0.15) is 12.5 Å². The summed E-state index contributed by atoms with van der Waals surface area (Å²) in [5.74, 6) is 1.19. The number of hydrogen-bond donors (Lipinski definition) is 2. The van der Waals surface area contributed by atoms with Crippen molar-refractivity contribution in [2.45, 2.75) is 19.1 Å². The van der Waals surface area contributed by atoms with Crippen molar-refractivity contribution in [3.05, 3.63) is 42.1 Å². The molecule has 112 valence electrons. The van der Waals surface area contributed by atoms with Crippen molar-refractivity contribution >= 4 is 24.4 Å². The Hall–Kier alpha value is -1.95. The van der Waals surface area contributed by atoms with E-state index in [9.17, 15) is 4.79 Å². The van der Waals surface area contributed by atoms with Crippen molar-refractivity contribution in [2.75, 3.05) is 18.1 Å². The standard InChI is InChI=1S/C15H19N3O2S/c1-11-3-5-13(6-4-11)20-10-15(19)18(9-12(2)21)14-7-8-16-17-14/h3-8,12,21H,9-10H2,1-2H3,(H,16,17). The van der Waals surface area contributed by atoms with Crippen molar-refractivity contribution in [1.82, 2.24) is 10.2 Å². The van der Waals surface area contributed by atoms with Gasteiger partial charge in [0.05, 0.1) is 6.20 Å². The Kier molecular flexibility index (Phi) is 5.27. The molecule has 1 N–H and O–H groups in total. The molecule has 21 heavy (non-hydrogen) atoms. The molecular formula is C15H19N3O2S. The van der Waals surface area contributed by atoms with Crippen LogP contribution in [0.5, 0.6) is 5.75 Å². The van der Waals surface area contributed by atoms with E-state index in [1.807, 2.05) is 38.1 Å². The normalized spacial score (nSPS) is 12.0. The Morgan fingerprint density at radius 3 is 2.67 bits per heavy atom. The van der Waals surface area contributed by atoms with E-state index in [0.29, 0.717) is 18.1 Å². The summed E-state index contributed by atoms with van der Waals surface area (Å²) in [5.41, 5.74) is 1.15. The first-order valence-corrected chi connectivity index (χ1v) is 7.25. The maximum absolute atomic E-state index is 12.3. The summed E-state index contributed by atoms with van der Waals surface area (Å²) >= 11 is 4.34. The average Bonchev–Trinajstić information content (AvgIpc) is 2.97. The van der Waals surface area contributed by atoms with Crippen LogP contribution in [-0.2, 0) is 4.79 Å². The van der Waals surface area contributed by atoms with E-state index in [1.165, 1.54) is 0 Å². The third-order valence-electron chi connectivity index (χ3n) is 2.91. The first-order valence-electron chi connectivity index (χ1n) is 6.73. The van der Waals surface area contributed by atoms with Crippen LogP contribution in [0.2, 0.25) is 0 Å². The van der Waals surface area contributed by atoms with E-state index in [1.54, 1.807) is 17.2 Å². The van der Waals surface area contributed by atoms with Crippen molar-refractivity contribution in [3.63, 3.8) is 0 Å². The zero-order chi connectivity index (χ0) is 15.2. The molecule has 1 unspecified atom stereocenters. The van der Waals surface area contributed by atoms with Gasteiger partial charge in [0.15, 0.2) is 6.61 Å². The Morgan fingerprint density at radius 1 is 1.38 bits per heavy atom. The largest absolute Gasteiger partial charge is 0.484 e. The molecule has 0 saturated heterocycles. The number of carbonyl (C=O) groups is 1. The van der Waals surface area contributed by atoms with Gasteiger partial charge >= 0.3 is 0 Å². The number of aryl methyl sites for hydroxylation is 1. The number of thiol groups is 1. The van der Waals surface area contributed by atoms with Crippen LogP contribution in [0.4, 0.5) is 5.82 Å². The minimum Gasteiger partial charge on any atom is -0.484 e. The Bertz CT molecular complexity index is 567. The third-order valence-corrected chi connectivity index (χ3v) is 3.07. The second kappa shape index (κ2) is 7.17. The lowest BCUT2D eigenvalue weighted by atomic mass is 10.2. The number of H-pyrrole nitrogens is 1. The van der Waals surface area contributed by atoms with Gasteiger partial charge in [-0.25, -0.2) is 0 Å². The molecule has 0 aliphatic heterocycles. The van der Waals surface area contributed by atoms with E-state index < -0.39 is 0 Å². The highest BCUT2D eigenvalue weighted by molar-refractivity contribution is 7.81. The van der Waals surface area contributed by atoms with Crippen LogP contribution in [-0.4, -0.2) is 34.5 Å². The van der Waals surface area contributed by atoms with Gasteiger partial charge in [-0.3, -0.25) is 14.8 Å². The number of carbonyl (C=O) groups excluding carboxylic acids is 1. The van der Waals surface area contributed by atoms with Gasteiger partial charge in [-0.15, -0.1) is 0 Å². The number of aromatic amines is 1. The Morgan fingerprint density at radius 2 is 2.10 bits per heavy atom. The predicted molar refractivity (Wildman–Crippen MR) is 86.1 cm³/mol. The van der Waals surface area contributed by atoms with Crippen LogP contribution in [0.25, 0.3) is 0 Å². The summed E-state index contributed by atoms with van der Waals surface area (Å²) in [6.07, 6.45) is 1.61. The summed E-state index contributed by atoms with van der Waals surface area (Å²) in [7, 11) is 0. The molecule has 6 heteroatoms. The number of nitrogens with zero attached hydrogens (tertiary/aromatic N) is 2. The molecule has 1 heterocycles. The van der Waals surface area contributed by atoms with Crippen LogP contribution >= 0.6 is 12.6 Å². The van der Waals surface area contributed by atoms with Gasteiger partial charge in [0, 0.05) is 17.9 Å². The second-order valence-electron chi connectivity index (χ2n) is 4.90. The SMILES string of the molecule is Cc1ccc(OCC(=O)N(CC(C)S)c2ccn[nH]2)cc1. The number of anilines is 1. The molecule has 1 atom stereocenters. The minimum absolute atomic E-state index is 0.0252. The number of amides is 1. The fraction of sp³-hybridized carbons (Fsp3) is 0.333. The lowest BCUT2D eigenvalue weighted by Gasteiger charge is -2.22. The fourth-order valence-electron chi connectivity index (χ4n) is 1.86. The smallest absolute Gasteiger partial charge is 0.266 e. The summed E-state index contributed by atoms with van der Waals surface area (Å²) < 4.78 is 5.53. The van der Waals surface area contributed by atoms with Crippen LogP contribution < -0.4 is 9.64 Å². The summed E-state index contributed by atoms with van der Waals surface area (Å²) in [6.45, 7) is 4.40. The van der Waals surface area contributed by atoms with Crippen molar-refractivity contribution in [2.24, 2.45) is 0 Å². The van der Waals surface area contributed by atoms with Crippen molar-refractivity contribution in [1.29, 1.82) is 0 Å². The number of aromatic nitrogens is 2. The molecule has 1 aromatic carbocycles. The van der Waals surface area contributed by atoms with E-state index in [4.69, 9.17) is 4.74 Å². The first kappa shape index (κ1) is 15.4. The van der Waals surface area contributed by atoms with Gasteiger partial charge in [0.25, 0.3) is 5.91 Å². The van der Waals surface area contributed by atoms with Crippen LogP contribution in [0, 0.1) is 6.92 Å². The van der Waals surface area contributed by atoms with Gasteiger partial charge in [-0.2, -0.15) is 17.7 Å². The summed E-state index contributed by atoms with van der Waals surface area (Å²) in [6, 6.07) is 9.35. The van der Waals surface area contributed by atoms with Gasteiger partial charge in [-0.05, 0) is 19.1 Å². The van der Waals surface area contributed by atoms with Crippen LogP contribution in [0.3, 0.4) is 0 Å². The monoisotopic (exact) mass is 305 g/mol. The fourth-order valence-corrected chi connectivity index (χ4v) is 2.02. The molecule has 2 rings (SSSR count). The molecule has 0 fully saturated rings. The zero-order valence-electron chi connectivity index (χ0n) is 12.1. The zero-order valence-corrected chi connectivity index (χ0v) is 13.0. The Balaban J connectivity index is 2.00. The molecular weight excluding hydrogens is 286 g/mol. The van der Waals surface area contributed by atoms with E-state index in [-0.39, 0.29) is 17.8 Å². The molecule has 1 amide bonds. The number of nitrogens with one attached hydrogen (secondary N) is 1. The maximum Gasteiger partial charge on any atom is 0.266 e. The minimum atomic E-state index is -0.138. The van der Waals surface area contributed by atoms with Gasteiger partial charge in [0.2, 0.25) is 0 Å². The Labute approximate surface area is 129 Å². The lowest BCUT2D eigenvalue weighted by Crippen LogP contribution is -2.38. The van der Waals surface area contributed by atoms with E-state index in [0.717, 1.165) is 5.56 Å². The van der Waals surface area contributed by atoms with E-state index >= 15 is 0 Å². The topological polar surface area (TPSA) is 58.2 Å². The molecule has 0 aliphatic rings. The molecule has 0 bridgehead atoms. The molecule has 0 saturated carbocycles. The highest BCUT2D eigenvalue weighted by Crippen LogP contribution is 2.14. The maximum atomic E-state index is 12.3. The summed E-state index contributed by atoms with van der Waals surface area (Å²) in [5, 5.41) is 6.72. The van der Waals surface area contributed by atoms with Gasteiger partial charge < -0.3 is 4.74 Å². The lowest BCUT2D eigenvalue weighted by molar-refractivity contribution is -0.120. The third kappa shape index (κ3) is 4.53. The molecule has 0 radical (unpaired) electrons. The number of rotatable bonds is 6. The number of benzene rings is 1. The molecule has 0 aliphatic carbocycles. The van der Waals surface area contributed by atoms with Crippen molar-refractivity contribution in [3.8, 4) is 5.75 Å². The molecule has 5 nitrogen and oxygen atoms in total. The quantitative estimate of drug-likeness (QED) is 0.806. The summed E-state index contributed by atoms with van der Waals surface area (Å²) in [4.78, 5) is 13.9. The highest BCUT2D eigenvalue weighted by atomic mass is 32.1. The molecule has 0 spiro atoms. The predicted octanol–water partition coefficient (Wildman–Crippen LogP) is 2.45. The number of hydrogen-bond acceptors (Lipinski definition) is 4. The molecule has 1 aromatic heterocycles. The van der Waals surface area contributed by atoms with Gasteiger partial charge in [-0.1, -0.05) is 24.6 Å². The second-order valence-corrected chi connectivity index (χ2v) is 5.78. The number of ether oxygens (including phenoxy) is 1. The highest BCUT2D eigenvalue weighted by Gasteiger charge is 2.19. The van der Waals surface area contributed by atoms with E-state index in [2.05, 4.69) is 22.8 Å². The van der Waals surface area contributed by atoms with Crippen molar-refractivity contribution < 1.29 is 9.53 Å². The average molecular weight is 305 g/mol. The molecule has 2 aromatic rings.